The monoisotopic (exact) mass is 533 g/mol. The van der Waals surface area contributed by atoms with Crippen molar-refractivity contribution >= 4 is 6.09 Å². The van der Waals surface area contributed by atoms with Gasteiger partial charge in [-0.1, -0.05) is 30.3 Å². The third-order valence-corrected chi connectivity index (χ3v) is 6.05. The molecule has 1 fully saturated rings. The smallest absolute Gasteiger partial charge is 0.416 e. The summed E-state index contributed by atoms with van der Waals surface area (Å²) >= 11 is 0. The van der Waals surface area contributed by atoms with Crippen LogP contribution in [0.15, 0.2) is 48.5 Å². The summed E-state index contributed by atoms with van der Waals surface area (Å²) < 4.78 is 91.8. The van der Waals surface area contributed by atoms with Crippen molar-refractivity contribution in [3.8, 4) is 0 Å². The molecule has 1 saturated heterocycles. The van der Waals surface area contributed by atoms with Gasteiger partial charge in [0.1, 0.15) is 5.60 Å². The molecule has 0 spiro atoms. The van der Waals surface area contributed by atoms with E-state index >= 15 is 0 Å². The lowest BCUT2D eigenvalue weighted by atomic mass is 9.93. The first-order chi connectivity index (χ1) is 17.0. The van der Waals surface area contributed by atoms with E-state index in [4.69, 9.17) is 9.47 Å². The summed E-state index contributed by atoms with van der Waals surface area (Å²) in [5.74, 6) is -0.527. The third-order valence-electron chi connectivity index (χ3n) is 6.05. The van der Waals surface area contributed by atoms with Crippen molar-refractivity contribution in [2.75, 3.05) is 13.2 Å². The first-order valence-corrected chi connectivity index (χ1v) is 11.6. The number of aliphatic hydroxyl groups is 1. The fourth-order valence-corrected chi connectivity index (χ4v) is 4.34. The maximum atomic E-state index is 13.4. The van der Waals surface area contributed by atoms with Crippen LogP contribution in [-0.2, 0) is 21.8 Å². The van der Waals surface area contributed by atoms with E-state index in [2.05, 4.69) is 0 Å². The summed E-state index contributed by atoms with van der Waals surface area (Å²) in [5.41, 5.74) is -3.34. The van der Waals surface area contributed by atoms with Gasteiger partial charge in [0.2, 0.25) is 0 Å². The zero-order valence-corrected chi connectivity index (χ0v) is 20.7. The highest BCUT2D eigenvalue weighted by Crippen LogP contribution is 2.41. The quantitative estimate of drug-likeness (QED) is 0.442. The number of carbonyl (C=O) groups excluding carboxylic acids is 1. The lowest BCUT2D eigenvalue weighted by molar-refractivity contribution is -0.143. The molecule has 1 heterocycles. The van der Waals surface area contributed by atoms with Crippen LogP contribution in [-0.4, -0.2) is 47.0 Å². The molecular formula is C26H29F6NO4. The molecule has 2 aromatic rings. The van der Waals surface area contributed by atoms with Crippen molar-refractivity contribution in [1.29, 1.82) is 0 Å². The number of rotatable bonds is 5. The Labute approximate surface area is 211 Å². The lowest BCUT2D eigenvalue weighted by Crippen LogP contribution is -2.45. The van der Waals surface area contributed by atoms with Gasteiger partial charge in [-0.05, 0) is 57.0 Å². The predicted molar refractivity (Wildman–Crippen MR) is 123 cm³/mol. The number of aliphatic hydroxyl groups excluding tert-OH is 1. The molecule has 1 aliphatic heterocycles. The number of alkyl halides is 6. The second-order valence-electron chi connectivity index (χ2n) is 9.98. The van der Waals surface area contributed by atoms with E-state index in [0.717, 1.165) is 5.56 Å². The van der Waals surface area contributed by atoms with E-state index in [1.807, 2.05) is 0 Å². The molecule has 0 bridgehead atoms. The van der Waals surface area contributed by atoms with Gasteiger partial charge in [-0.15, -0.1) is 0 Å². The Morgan fingerprint density at radius 1 is 1.00 bits per heavy atom. The van der Waals surface area contributed by atoms with E-state index in [0.29, 0.717) is 12.1 Å². The number of halogens is 6. The summed E-state index contributed by atoms with van der Waals surface area (Å²) in [5, 5.41) is 10.2. The van der Waals surface area contributed by atoms with Crippen LogP contribution in [0.25, 0.3) is 0 Å². The van der Waals surface area contributed by atoms with E-state index in [1.165, 1.54) is 11.8 Å². The highest BCUT2D eigenvalue weighted by Gasteiger charge is 2.47. The molecular weight excluding hydrogens is 504 g/mol. The number of amides is 1. The Kier molecular flexibility index (Phi) is 8.19. The molecule has 1 amide bonds. The number of benzene rings is 2. The zero-order valence-electron chi connectivity index (χ0n) is 20.7. The van der Waals surface area contributed by atoms with Crippen molar-refractivity contribution in [2.24, 2.45) is 0 Å². The minimum absolute atomic E-state index is 0.0549. The number of hydrogen-bond acceptors (Lipinski definition) is 4. The highest BCUT2D eigenvalue weighted by atomic mass is 19.4. The molecule has 0 unspecified atom stereocenters. The van der Waals surface area contributed by atoms with E-state index in [1.54, 1.807) is 51.1 Å². The van der Waals surface area contributed by atoms with Gasteiger partial charge in [-0.2, -0.15) is 26.3 Å². The standard InChI is InChI=1S/C26H29F6NO4/c1-15(17-10-18(25(27,28)29)12-19(11-17)26(30,31)32)36-22-20(16-8-6-5-7-9-16)13-33(21(22)14-34)23(35)37-24(2,3)4/h5-12,15,20-22,34H,13-14H2,1-4H3/t15-,20+,21+,22+/m1/s1. The predicted octanol–water partition coefficient (Wildman–Crippen LogP) is 6.57. The number of nitrogens with zero attached hydrogens (tertiary/aromatic N) is 1. The summed E-state index contributed by atoms with van der Waals surface area (Å²) in [6, 6.07) is 9.15. The van der Waals surface area contributed by atoms with Gasteiger partial charge < -0.3 is 14.6 Å². The molecule has 0 aromatic heterocycles. The second-order valence-corrected chi connectivity index (χ2v) is 9.98. The van der Waals surface area contributed by atoms with Crippen LogP contribution in [0.5, 0.6) is 0 Å². The van der Waals surface area contributed by atoms with Crippen molar-refractivity contribution in [3.63, 3.8) is 0 Å². The normalized spacial score (nSPS) is 21.7. The number of carbonyl (C=O) groups is 1. The Hall–Kier alpha value is -2.79. The zero-order chi connectivity index (χ0) is 27.8. The lowest BCUT2D eigenvalue weighted by Gasteiger charge is -2.31. The van der Waals surface area contributed by atoms with Crippen LogP contribution in [0.2, 0.25) is 0 Å². The molecule has 5 nitrogen and oxygen atoms in total. The summed E-state index contributed by atoms with van der Waals surface area (Å²) in [6.45, 7) is 5.86. The number of hydrogen-bond donors (Lipinski definition) is 1. The molecule has 0 saturated carbocycles. The topological polar surface area (TPSA) is 59.0 Å². The van der Waals surface area contributed by atoms with Crippen LogP contribution < -0.4 is 0 Å². The average molecular weight is 534 g/mol. The van der Waals surface area contributed by atoms with Gasteiger partial charge in [-0.3, -0.25) is 4.90 Å². The Balaban J connectivity index is 2.00. The van der Waals surface area contributed by atoms with Crippen LogP contribution in [0.4, 0.5) is 31.1 Å². The summed E-state index contributed by atoms with van der Waals surface area (Å²) in [6.07, 6.45) is -12.9. The maximum absolute atomic E-state index is 13.4. The Morgan fingerprint density at radius 2 is 1.54 bits per heavy atom. The molecule has 3 rings (SSSR count). The van der Waals surface area contributed by atoms with E-state index in [9.17, 15) is 36.2 Å². The first-order valence-electron chi connectivity index (χ1n) is 11.6. The van der Waals surface area contributed by atoms with Gasteiger partial charge in [0.15, 0.2) is 0 Å². The first kappa shape index (κ1) is 28.8. The number of ether oxygens (including phenoxy) is 2. The Morgan fingerprint density at radius 3 is 2.00 bits per heavy atom. The molecule has 2 aromatic carbocycles. The third kappa shape index (κ3) is 6.95. The summed E-state index contributed by atoms with van der Waals surface area (Å²) in [4.78, 5) is 14.2. The Bertz CT molecular complexity index is 1050. The molecule has 0 aliphatic carbocycles. The number of likely N-dealkylation sites (tertiary alicyclic amines) is 1. The average Bonchev–Trinajstić information content (AvgIpc) is 3.15. The van der Waals surface area contributed by atoms with Gasteiger partial charge in [0, 0.05) is 12.5 Å². The maximum Gasteiger partial charge on any atom is 0.416 e. The fourth-order valence-electron chi connectivity index (χ4n) is 4.34. The molecule has 1 aliphatic rings. The van der Waals surface area contributed by atoms with Crippen molar-refractivity contribution in [1.82, 2.24) is 4.90 Å². The van der Waals surface area contributed by atoms with Crippen molar-refractivity contribution < 1.29 is 45.7 Å². The van der Waals surface area contributed by atoms with Gasteiger partial charge in [0.05, 0.1) is 36.0 Å². The molecule has 0 radical (unpaired) electrons. The van der Waals surface area contributed by atoms with Gasteiger partial charge in [-0.25, -0.2) is 4.79 Å². The second kappa shape index (κ2) is 10.5. The van der Waals surface area contributed by atoms with E-state index in [-0.39, 0.29) is 18.2 Å². The summed E-state index contributed by atoms with van der Waals surface area (Å²) in [7, 11) is 0. The van der Waals surface area contributed by atoms with Crippen LogP contribution in [0, 0.1) is 0 Å². The SMILES string of the molecule is C[C@@H](O[C@H]1[C@H](c2ccccc2)CN(C(=O)OC(C)(C)C)[C@H]1CO)c1cc(C(F)(F)F)cc(C(F)(F)F)c1. The van der Waals surface area contributed by atoms with Crippen molar-refractivity contribution in [2.45, 2.75) is 69.8 Å². The van der Waals surface area contributed by atoms with E-state index < -0.39 is 65.9 Å². The van der Waals surface area contributed by atoms with Gasteiger partial charge in [0.25, 0.3) is 0 Å². The van der Waals surface area contributed by atoms with Gasteiger partial charge >= 0.3 is 18.4 Å². The van der Waals surface area contributed by atoms with Crippen LogP contribution >= 0.6 is 0 Å². The highest BCUT2D eigenvalue weighted by molar-refractivity contribution is 5.69. The minimum atomic E-state index is -5.00. The fraction of sp³-hybridized carbons (Fsp3) is 0.500. The largest absolute Gasteiger partial charge is 0.444 e. The molecule has 37 heavy (non-hydrogen) atoms. The minimum Gasteiger partial charge on any atom is -0.444 e. The van der Waals surface area contributed by atoms with Crippen molar-refractivity contribution in [3.05, 3.63) is 70.8 Å². The molecule has 1 N–H and O–H groups in total. The molecule has 4 atom stereocenters. The molecule has 11 heteroatoms. The molecule has 204 valence electrons. The van der Waals surface area contributed by atoms with Crippen LogP contribution in [0.3, 0.4) is 0 Å². The van der Waals surface area contributed by atoms with Crippen LogP contribution in [0.1, 0.15) is 62.0 Å².